The van der Waals surface area contributed by atoms with Gasteiger partial charge in [0.1, 0.15) is 5.69 Å². The number of pyridine rings is 1. The SMILES string of the molecule is NC(=O)c1nc(-c2ccncc2)oc1-c1cn(-c2ccc(CO)cc2)nc1C(F)F. The zero-order valence-corrected chi connectivity index (χ0v) is 15.4. The number of amides is 1. The van der Waals surface area contributed by atoms with E-state index in [0.29, 0.717) is 16.8 Å². The summed E-state index contributed by atoms with van der Waals surface area (Å²) in [5.41, 5.74) is 6.09. The summed E-state index contributed by atoms with van der Waals surface area (Å²) >= 11 is 0. The molecule has 0 fully saturated rings. The van der Waals surface area contributed by atoms with Crippen molar-refractivity contribution < 1.29 is 23.1 Å². The molecule has 3 aromatic heterocycles. The Kier molecular flexibility index (Phi) is 5.07. The number of carbonyl (C=O) groups excluding carboxylic acids is 1. The molecule has 4 rings (SSSR count). The average molecular weight is 411 g/mol. The molecule has 30 heavy (non-hydrogen) atoms. The summed E-state index contributed by atoms with van der Waals surface area (Å²) < 4.78 is 34.4. The van der Waals surface area contributed by atoms with Gasteiger partial charge in [-0.05, 0) is 29.8 Å². The number of rotatable bonds is 6. The number of aromatic nitrogens is 4. The van der Waals surface area contributed by atoms with Crippen LogP contribution in [0.1, 0.15) is 28.2 Å². The van der Waals surface area contributed by atoms with Crippen molar-refractivity contribution in [2.75, 3.05) is 0 Å². The van der Waals surface area contributed by atoms with E-state index >= 15 is 0 Å². The third kappa shape index (κ3) is 3.55. The Morgan fingerprint density at radius 1 is 1.17 bits per heavy atom. The Hall–Kier alpha value is -3.92. The molecule has 152 valence electrons. The first kappa shape index (κ1) is 19.4. The lowest BCUT2D eigenvalue weighted by Crippen LogP contribution is -2.12. The molecule has 0 spiro atoms. The molecule has 1 aromatic carbocycles. The van der Waals surface area contributed by atoms with E-state index in [2.05, 4.69) is 15.1 Å². The predicted octanol–water partition coefficient (Wildman–Crippen LogP) is 3.12. The number of nitrogens with zero attached hydrogens (tertiary/aromatic N) is 4. The maximum Gasteiger partial charge on any atom is 0.282 e. The predicted molar refractivity (Wildman–Crippen MR) is 102 cm³/mol. The number of nitrogens with two attached hydrogens (primary N) is 1. The number of benzene rings is 1. The lowest BCUT2D eigenvalue weighted by molar-refractivity contribution is 0.0996. The minimum atomic E-state index is -2.94. The van der Waals surface area contributed by atoms with Gasteiger partial charge >= 0.3 is 0 Å². The maximum absolute atomic E-state index is 13.7. The molecule has 8 nitrogen and oxygen atoms in total. The topological polar surface area (TPSA) is 120 Å². The van der Waals surface area contributed by atoms with Crippen LogP contribution in [0.15, 0.2) is 59.4 Å². The maximum atomic E-state index is 13.7. The standard InChI is InChI=1S/C20H15F2N5O3/c21-18(22)15-14(9-27(26-15)13-3-1-11(10-28)2-4-13)17-16(19(23)29)25-20(30-17)12-5-7-24-8-6-12/h1-9,18,28H,10H2,(H2,23,29). The Labute approximate surface area is 168 Å². The lowest BCUT2D eigenvalue weighted by atomic mass is 10.1. The van der Waals surface area contributed by atoms with Crippen LogP contribution in [-0.2, 0) is 6.61 Å². The van der Waals surface area contributed by atoms with Crippen LogP contribution in [-0.4, -0.2) is 30.8 Å². The first-order valence-corrected chi connectivity index (χ1v) is 8.77. The van der Waals surface area contributed by atoms with Crippen molar-refractivity contribution in [3.05, 3.63) is 71.9 Å². The molecule has 0 aliphatic heterocycles. The van der Waals surface area contributed by atoms with Gasteiger partial charge in [0.25, 0.3) is 12.3 Å². The highest BCUT2D eigenvalue weighted by molar-refractivity contribution is 5.97. The quantitative estimate of drug-likeness (QED) is 0.503. The Morgan fingerprint density at radius 3 is 2.47 bits per heavy atom. The fraction of sp³-hybridized carbons (Fsp3) is 0.100. The van der Waals surface area contributed by atoms with E-state index < -0.39 is 18.0 Å². The van der Waals surface area contributed by atoms with Crippen LogP contribution in [0.3, 0.4) is 0 Å². The smallest absolute Gasteiger partial charge is 0.282 e. The number of alkyl halides is 2. The lowest BCUT2D eigenvalue weighted by Gasteiger charge is -2.02. The highest BCUT2D eigenvalue weighted by atomic mass is 19.3. The van der Waals surface area contributed by atoms with Gasteiger partial charge in [-0.1, -0.05) is 12.1 Å². The Balaban J connectivity index is 1.86. The van der Waals surface area contributed by atoms with Gasteiger partial charge in [-0.3, -0.25) is 9.78 Å². The molecule has 1 amide bonds. The molecule has 0 unspecified atom stereocenters. The summed E-state index contributed by atoms with van der Waals surface area (Å²) in [6, 6.07) is 9.72. The van der Waals surface area contributed by atoms with Crippen molar-refractivity contribution in [3.8, 4) is 28.5 Å². The zero-order chi connectivity index (χ0) is 21.3. The molecular weight excluding hydrogens is 396 g/mol. The van der Waals surface area contributed by atoms with Crippen LogP contribution in [0, 0.1) is 0 Å². The van der Waals surface area contributed by atoms with Crippen LogP contribution in [0.5, 0.6) is 0 Å². The van der Waals surface area contributed by atoms with Crippen LogP contribution >= 0.6 is 0 Å². The van der Waals surface area contributed by atoms with Crippen molar-refractivity contribution in [1.82, 2.24) is 19.7 Å². The molecule has 0 saturated heterocycles. The molecule has 10 heteroatoms. The summed E-state index contributed by atoms with van der Waals surface area (Å²) in [6.07, 6.45) is 1.38. The monoisotopic (exact) mass is 411 g/mol. The van der Waals surface area contributed by atoms with Crippen LogP contribution < -0.4 is 5.73 Å². The van der Waals surface area contributed by atoms with Gasteiger partial charge in [-0.15, -0.1) is 0 Å². The van der Waals surface area contributed by atoms with Gasteiger partial charge < -0.3 is 15.3 Å². The number of hydrogen-bond donors (Lipinski definition) is 2. The van der Waals surface area contributed by atoms with Gasteiger partial charge in [0.15, 0.2) is 11.5 Å². The molecule has 0 radical (unpaired) electrons. The van der Waals surface area contributed by atoms with Crippen molar-refractivity contribution in [2.45, 2.75) is 13.0 Å². The molecule has 0 aliphatic rings. The summed E-state index contributed by atoms with van der Waals surface area (Å²) in [4.78, 5) is 19.9. The van der Waals surface area contributed by atoms with Crippen molar-refractivity contribution in [3.63, 3.8) is 0 Å². The third-order valence-corrected chi connectivity index (χ3v) is 4.37. The van der Waals surface area contributed by atoms with E-state index in [1.807, 2.05) is 0 Å². The minimum Gasteiger partial charge on any atom is -0.435 e. The molecule has 0 saturated carbocycles. The summed E-state index contributed by atoms with van der Waals surface area (Å²) in [5, 5.41) is 13.1. The first-order chi connectivity index (χ1) is 14.5. The van der Waals surface area contributed by atoms with Gasteiger partial charge in [-0.2, -0.15) is 5.10 Å². The normalized spacial score (nSPS) is 11.2. The zero-order valence-electron chi connectivity index (χ0n) is 15.4. The van der Waals surface area contributed by atoms with Crippen LogP contribution in [0.2, 0.25) is 0 Å². The fourth-order valence-electron chi connectivity index (χ4n) is 2.90. The van der Waals surface area contributed by atoms with Gasteiger partial charge in [0.05, 0.1) is 17.9 Å². The van der Waals surface area contributed by atoms with Crippen molar-refractivity contribution in [2.24, 2.45) is 5.73 Å². The first-order valence-electron chi connectivity index (χ1n) is 8.77. The number of aliphatic hydroxyl groups excluding tert-OH is 1. The van der Waals surface area contributed by atoms with Crippen molar-refractivity contribution in [1.29, 1.82) is 0 Å². The average Bonchev–Trinajstić information content (AvgIpc) is 3.39. The fourth-order valence-corrected chi connectivity index (χ4v) is 2.90. The number of carbonyl (C=O) groups is 1. The van der Waals surface area contributed by atoms with Crippen LogP contribution in [0.4, 0.5) is 8.78 Å². The molecule has 3 N–H and O–H groups in total. The number of halogens is 2. The van der Waals surface area contributed by atoms with E-state index in [0.717, 1.165) is 0 Å². The number of oxazole rings is 1. The second kappa shape index (κ2) is 7.84. The molecule has 0 bridgehead atoms. The summed E-state index contributed by atoms with van der Waals surface area (Å²) in [5.74, 6) is -1.07. The second-order valence-electron chi connectivity index (χ2n) is 6.29. The summed E-state index contributed by atoms with van der Waals surface area (Å²) in [6.45, 7) is -0.148. The molecule has 4 aromatic rings. The largest absolute Gasteiger partial charge is 0.435 e. The number of aliphatic hydroxyl groups is 1. The van der Waals surface area contributed by atoms with E-state index in [1.54, 1.807) is 36.4 Å². The Bertz CT molecular complexity index is 1190. The van der Waals surface area contributed by atoms with E-state index in [9.17, 15) is 13.6 Å². The Morgan fingerprint density at radius 2 is 1.87 bits per heavy atom. The molecule has 3 heterocycles. The molecular formula is C20H15F2N5O3. The number of primary amides is 1. The van der Waals surface area contributed by atoms with E-state index in [4.69, 9.17) is 15.3 Å². The minimum absolute atomic E-state index is 0.0430. The van der Waals surface area contributed by atoms with Crippen LogP contribution in [0.25, 0.3) is 28.5 Å². The third-order valence-electron chi connectivity index (χ3n) is 4.37. The van der Waals surface area contributed by atoms with E-state index in [-0.39, 0.29) is 29.5 Å². The van der Waals surface area contributed by atoms with E-state index in [1.165, 1.54) is 23.3 Å². The highest BCUT2D eigenvalue weighted by Gasteiger charge is 2.28. The van der Waals surface area contributed by atoms with Gasteiger partial charge in [-0.25, -0.2) is 18.4 Å². The highest BCUT2D eigenvalue weighted by Crippen LogP contribution is 2.35. The molecule has 0 aliphatic carbocycles. The number of hydrogen-bond acceptors (Lipinski definition) is 6. The van der Waals surface area contributed by atoms with Crippen molar-refractivity contribution >= 4 is 5.91 Å². The second-order valence-corrected chi connectivity index (χ2v) is 6.29. The summed E-state index contributed by atoms with van der Waals surface area (Å²) in [7, 11) is 0. The molecule has 0 atom stereocenters. The van der Waals surface area contributed by atoms with Gasteiger partial charge in [0.2, 0.25) is 5.89 Å². The van der Waals surface area contributed by atoms with Gasteiger partial charge in [0, 0.05) is 24.2 Å².